The molecule has 0 radical (unpaired) electrons. The summed E-state index contributed by atoms with van der Waals surface area (Å²) in [6.45, 7) is 5.00. The normalized spacial score (nSPS) is 18.7. The molecule has 1 aliphatic rings. The number of aryl methyl sites for hydroxylation is 1. The molecule has 1 fully saturated rings. The van der Waals surface area contributed by atoms with Crippen LogP contribution in [-0.4, -0.2) is 18.3 Å². The summed E-state index contributed by atoms with van der Waals surface area (Å²) in [5, 5.41) is 12.5. The highest BCUT2D eigenvalue weighted by Gasteiger charge is 2.41. The third-order valence-corrected chi connectivity index (χ3v) is 4.08. The Balaban J connectivity index is 1.91. The second-order valence-corrected chi connectivity index (χ2v) is 5.58. The van der Waals surface area contributed by atoms with Crippen LogP contribution in [0.3, 0.4) is 0 Å². The molecule has 3 heteroatoms. The van der Waals surface area contributed by atoms with Crippen molar-refractivity contribution in [2.24, 2.45) is 5.41 Å². The van der Waals surface area contributed by atoms with Crippen molar-refractivity contribution in [2.75, 3.05) is 13.2 Å². The maximum absolute atomic E-state index is 13.5. The highest BCUT2D eigenvalue weighted by atomic mass is 19.1. The topological polar surface area (TPSA) is 32.3 Å². The zero-order valence-electron chi connectivity index (χ0n) is 11.2. The van der Waals surface area contributed by atoms with Gasteiger partial charge in [-0.05, 0) is 55.7 Å². The van der Waals surface area contributed by atoms with E-state index in [4.69, 9.17) is 5.11 Å². The number of aliphatic hydroxyl groups is 1. The third kappa shape index (κ3) is 3.09. The highest BCUT2D eigenvalue weighted by molar-refractivity contribution is 5.25. The van der Waals surface area contributed by atoms with E-state index in [1.54, 1.807) is 13.0 Å². The molecule has 0 heterocycles. The van der Waals surface area contributed by atoms with Gasteiger partial charge in [-0.1, -0.05) is 12.1 Å². The molecule has 1 saturated carbocycles. The molecule has 1 atom stereocenters. The fourth-order valence-electron chi connectivity index (χ4n) is 2.30. The van der Waals surface area contributed by atoms with E-state index in [0.717, 1.165) is 18.5 Å². The van der Waals surface area contributed by atoms with Crippen LogP contribution in [0.2, 0.25) is 0 Å². The molecule has 1 aromatic rings. The van der Waals surface area contributed by atoms with E-state index in [9.17, 15) is 4.39 Å². The van der Waals surface area contributed by atoms with Gasteiger partial charge in [0.15, 0.2) is 0 Å². The molecule has 0 saturated heterocycles. The monoisotopic (exact) mass is 251 g/mol. The summed E-state index contributed by atoms with van der Waals surface area (Å²) in [7, 11) is 0. The first-order valence-electron chi connectivity index (χ1n) is 6.67. The van der Waals surface area contributed by atoms with E-state index in [2.05, 4.69) is 12.2 Å². The van der Waals surface area contributed by atoms with Gasteiger partial charge in [0.25, 0.3) is 0 Å². The minimum Gasteiger partial charge on any atom is -0.396 e. The van der Waals surface area contributed by atoms with Crippen LogP contribution in [0.25, 0.3) is 0 Å². The molecule has 0 aliphatic heterocycles. The van der Waals surface area contributed by atoms with Crippen LogP contribution in [0.5, 0.6) is 0 Å². The van der Waals surface area contributed by atoms with Crippen LogP contribution in [0.1, 0.15) is 43.4 Å². The quantitative estimate of drug-likeness (QED) is 0.814. The van der Waals surface area contributed by atoms with Gasteiger partial charge in [0.05, 0.1) is 0 Å². The van der Waals surface area contributed by atoms with Gasteiger partial charge in [-0.25, -0.2) is 4.39 Å². The molecule has 2 N–H and O–H groups in total. The number of aliphatic hydroxyl groups excluding tert-OH is 1. The van der Waals surface area contributed by atoms with E-state index < -0.39 is 0 Å². The Labute approximate surface area is 108 Å². The molecule has 0 amide bonds. The first-order valence-corrected chi connectivity index (χ1v) is 6.67. The molecule has 0 aromatic heterocycles. The molecular formula is C15H22FNO. The standard InChI is InChI=1S/C15H22FNO/c1-11-3-4-13(9-14(11)16)12(2)17-10-15(5-6-15)7-8-18/h3-4,9,12,17-18H,5-8,10H2,1-2H3. The fraction of sp³-hybridized carbons (Fsp3) is 0.600. The summed E-state index contributed by atoms with van der Waals surface area (Å²) in [6, 6.07) is 5.56. The van der Waals surface area contributed by atoms with Gasteiger partial charge in [0.2, 0.25) is 0 Å². The maximum Gasteiger partial charge on any atom is 0.126 e. The molecule has 2 nitrogen and oxygen atoms in total. The third-order valence-electron chi connectivity index (χ3n) is 4.08. The zero-order chi connectivity index (χ0) is 13.2. The van der Waals surface area contributed by atoms with Crippen molar-refractivity contribution in [2.45, 2.75) is 39.2 Å². The highest BCUT2D eigenvalue weighted by Crippen LogP contribution is 2.48. The Morgan fingerprint density at radius 3 is 2.72 bits per heavy atom. The predicted octanol–water partition coefficient (Wildman–Crippen LogP) is 2.95. The Kier molecular flexibility index (Phi) is 4.03. The minimum atomic E-state index is -0.141. The van der Waals surface area contributed by atoms with Gasteiger partial charge < -0.3 is 10.4 Å². The number of halogens is 1. The average Bonchev–Trinajstić information content (AvgIpc) is 3.11. The molecule has 18 heavy (non-hydrogen) atoms. The molecule has 0 bridgehead atoms. The van der Waals surface area contributed by atoms with Crippen molar-refractivity contribution in [3.05, 3.63) is 35.1 Å². The number of rotatable bonds is 6. The van der Waals surface area contributed by atoms with Crippen LogP contribution < -0.4 is 5.32 Å². The number of hydrogen-bond acceptors (Lipinski definition) is 2. The predicted molar refractivity (Wildman–Crippen MR) is 70.9 cm³/mol. The summed E-state index contributed by atoms with van der Waals surface area (Å²) in [5.74, 6) is -0.141. The molecule has 100 valence electrons. The molecular weight excluding hydrogens is 229 g/mol. The van der Waals surface area contributed by atoms with Gasteiger partial charge >= 0.3 is 0 Å². The zero-order valence-corrected chi connectivity index (χ0v) is 11.2. The summed E-state index contributed by atoms with van der Waals surface area (Å²) in [4.78, 5) is 0. The lowest BCUT2D eigenvalue weighted by atomic mass is 10.0. The smallest absolute Gasteiger partial charge is 0.126 e. The maximum atomic E-state index is 13.5. The Morgan fingerprint density at radius 1 is 1.44 bits per heavy atom. The summed E-state index contributed by atoms with van der Waals surface area (Å²) in [6.07, 6.45) is 3.25. The second kappa shape index (κ2) is 5.37. The first-order chi connectivity index (χ1) is 8.56. The molecule has 1 aromatic carbocycles. The molecule has 2 rings (SSSR count). The van der Waals surface area contributed by atoms with Crippen molar-refractivity contribution in [3.8, 4) is 0 Å². The minimum absolute atomic E-state index is 0.141. The number of hydrogen-bond donors (Lipinski definition) is 2. The largest absolute Gasteiger partial charge is 0.396 e. The van der Waals surface area contributed by atoms with Gasteiger partial charge in [-0.15, -0.1) is 0 Å². The summed E-state index contributed by atoms with van der Waals surface area (Å²) < 4.78 is 13.5. The average molecular weight is 251 g/mol. The van der Waals surface area contributed by atoms with E-state index in [1.807, 2.05) is 12.1 Å². The Hall–Kier alpha value is -0.930. The summed E-state index contributed by atoms with van der Waals surface area (Å²) >= 11 is 0. The van der Waals surface area contributed by atoms with Gasteiger partial charge in [0.1, 0.15) is 5.82 Å². The molecule has 1 aliphatic carbocycles. The van der Waals surface area contributed by atoms with Crippen molar-refractivity contribution in [1.82, 2.24) is 5.32 Å². The van der Waals surface area contributed by atoms with E-state index >= 15 is 0 Å². The van der Waals surface area contributed by atoms with Crippen LogP contribution >= 0.6 is 0 Å². The van der Waals surface area contributed by atoms with E-state index in [0.29, 0.717) is 11.0 Å². The van der Waals surface area contributed by atoms with Crippen molar-refractivity contribution in [3.63, 3.8) is 0 Å². The fourth-order valence-corrected chi connectivity index (χ4v) is 2.30. The van der Waals surface area contributed by atoms with Crippen LogP contribution in [-0.2, 0) is 0 Å². The van der Waals surface area contributed by atoms with Crippen molar-refractivity contribution < 1.29 is 9.50 Å². The van der Waals surface area contributed by atoms with Crippen molar-refractivity contribution >= 4 is 0 Å². The van der Waals surface area contributed by atoms with E-state index in [1.165, 1.54) is 12.8 Å². The lowest BCUT2D eigenvalue weighted by Crippen LogP contribution is -2.27. The van der Waals surface area contributed by atoms with Gasteiger partial charge in [-0.3, -0.25) is 0 Å². The summed E-state index contributed by atoms with van der Waals surface area (Å²) in [5.41, 5.74) is 1.97. The first kappa shape index (κ1) is 13.5. The van der Waals surface area contributed by atoms with Crippen LogP contribution in [0, 0.1) is 18.2 Å². The van der Waals surface area contributed by atoms with Gasteiger partial charge in [0, 0.05) is 19.2 Å². The van der Waals surface area contributed by atoms with E-state index in [-0.39, 0.29) is 18.5 Å². The second-order valence-electron chi connectivity index (χ2n) is 5.58. The SMILES string of the molecule is Cc1ccc(C(C)NCC2(CCO)CC2)cc1F. The van der Waals surface area contributed by atoms with Crippen LogP contribution in [0.4, 0.5) is 4.39 Å². The van der Waals surface area contributed by atoms with Crippen molar-refractivity contribution in [1.29, 1.82) is 0 Å². The lowest BCUT2D eigenvalue weighted by Gasteiger charge is -2.20. The number of nitrogens with one attached hydrogen (secondary N) is 1. The van der Waals surface area contributed by atoms with Gasteiger partial charge in [-0.2, -0.15) is 0 Å². The Morgan fingerprint density at radius 2 is 2.17 bits per heavy atom. The Bertz CT molecular complexity index is 415. The lowest BCUT2D eigenvalue weighted by molar-refractivity contribution is 0.243. The van der Waals surface area contributed by atoms with Crippen LogP contribution in [0.15, 0.2) is 18.2 Å². The number of benzene rings is 1. The molecule has 1 unspecified atom stereocenters. The molecule has 0 spiro atoms.